The second kappa shape index (κ2) is 8.80. The molecule has 2 aromatic carbocycles. The molecule has 0 aliphatic carbocycles. The number of carbonyl (C=O) groups excluding carboxylic acids is 2. The molecule has 1 fully saturated rings. The van der Waals surface area contributed by atoms with Crippen LogP contribution in [-0.4, -0.2) is 28.1 Å². The lowest BCUT2D eigenvalue weighted by molar-refractivity contribution is -0.117. The minimum absolute atomic E-state index is 0.153. The molecule has 0 unspecified atom stereocenters. The summed E-state index contributed by atoms with van der Waals surface area (Å²) in [4.78, 5) is 28.0. The van der Waals surface area contributed by atoms with Crippen molar-refractivity contribution in [2.75, 3.05) is 11.4 Å². The Balaban J connectivity index is 1.38. The monoisotopic (exact) mass is 442 g/mol. The Morgan fingerprint density at radius 2 is 1.88 bits per heavy atom. The number of anilines is 1. The molecule has 1 aliphatic heterocycles. The second-order valence-corrected chi connectivity index (χ2v) is 8.60. The Morgan fingerprint density at radius 3 is 2.62 bits per heavy atom. The van der Waals surface area contributed by atoms with Crippen LogP contribution in [0.15, 0.2) is 78.3 Å². The molecule has 3 heterocycles. The van der Waals surface area contributed by atoms with Gasteiger partial charge in [0.2, 0.25) is 5.91 Å². The van der Waals surface area contributed by atoms with Gasteiger partial charge in [-0.3, -0.25) is 9.59 Å². The van der Waals surface area contributed by atoms with E-state index in [9.17, 15) is 9.59 Å². The number of nitrogens with zero attached hydrogens (tertiary/aromatic N) is 3. The molecule has 0 bridgehead atoms. The molecule has 0 saturated carbocycles. The number of para-hydroxylation sites is 1. The van der Waals surface area contributed by atoms with Gasteiger partial charge >= 0.3 is 0 Å². The van der Waals surface area contributed by atoms with Crippen molar-refractivity contribution in [1.82, 2.24) is 15.1 Å². The first-order valence-electron chi connectivity index (χ1n) is 10.6. The third-order valence-corrected chi connectivity index (χ3v) is 6.36. The van der Waals surface area contributed by atoms with Gasteiger partial charge < -0.3 is 10.2 Å². The average molecular weight is 443 g/mol. The predicted molar refractivity (Wildman–Crippen MR) is 126 cm³/mol. The normalized spacial score (nSPS) is 13.5. The maximum absolute atomic E-state index is 13.1. The van der Waals surface area contributed by atoms with Crippen molar-refractivity contribution in [3.8, 4) is 16.3 Å². The van der Waals surface area contributed by atoms with Crippen LogP contribution in [0, 0.1) is 0 Å². The third-order valence-electron chi connectivity index (χ3n) is 5.48. The Morgan fingerprint density at radius 1 is 1.03 bits per heavy atom. The van der Waals surface area contributed by atoms with Crippen molar-refractivity contribution in [2.24, 2.45) is 0 Å². The highest BCUT2D eigenvalue weighted by molar-refractivity contribution is 7.13. The smallest absolute Gasteiger partial charge is 0.255 e. The zero-order chi connectivity index (χ0) is 21.9. The zero-order valence-corrected chi connectivity index (χ0v) is 18.2. The molecule has 7 heteroatoms. The minimum Gasteiger partial charge on any atom is -0.348 e. The number of aromatic nitrogens is 2. The zero-order valence-electron chi connectivity index (χ0n) is 17.4. The van der Waals surface area contributed by atoms with E-state index in [1.807, 2.05) is 77.0 Å². The van der Waals surface area contributed by atoms with E-state index in [4.69, 9.17) is 5.10 Å². The van der Waals surface area contributed by atoms with E-state index in [0.717, 1.165) is 34.8 Å². The fourth-order valence-electron chi connectivity index (χ4n) is 3.88. The summed E-state index contributed by atoms with van der Waals surface area (Å²) in [5.74, 6) is -0.0293. The van der Waals surface area contributed by atoms with E-state index in [0.29, 0.717) is 24.2 Å². The highest BCUT2D eigenvalue weighted by atomic mass is 32.1. The van der Waals surface area contributed by atoms with Crippen molar-refractivity contribution in [2.45, 2.75) is 19.4 Å². The topological polar surface area (TPSA) is 67.2 Å². The Hall–Kier alpha value is -3.71. The number of amides is 2. The molecule has 1 aliphatic rings. The SMILES string of the molecule is O=C(NCc1cccc(N2CCCC2=O)c1)c1cn(-c2ccccc2)nc1-c1cccs1. The Kier molecular flexibility index (Phi) is 5.56. The van der Waals surface area contributed by atoms with Crippen molar-refractivity contribution in [3.05, 3.63) is 89.4 Å². The number of nitrogens with one attached hydrogen (secondary N) is 1. The summed E-state index contributed by atoms with van der Waals surface area (Å²) in [6.07, 6.45) is 3.26. The van der Waals surface area contributed by atoms with Crippen LogP contribution in [0.5, 0.6) is 0 Å². The first kappa shape index (κ1) is 20.2. The molecule has 0 spiro atoms. The fourth-order valence-corrected chi connectivity index (χ4v) is 4.60. The van der Waals surface area contributed by atoms with Crippen LogP contribution in [0.2, 0.25) is 0 Å². The molecule has 1 saturated heterocycles. The average Bonchev–Trinajstić information content (AvgIpc) is 3.58. The summed E-state index contributed by atoms with van der Waals surface area (Å²) < 4.78 is 1.74. The van der Waals surface area contributed by atoms with Gasteiger partial charge in [-0.1, -0.05) is 36.4 Å². The summed E-state index contributed by atoms with van der Waals surface area (Å²) in [7, 11) is 0. The van der Waals surface area contributed by atoms with Gasteiger partial charge in [0.1, 0.15) is 5.69 Å². The van der Waals surface area contributed by atoms with E-state index < -0.39 is 0 Å². The van der Waals surface area contributed by atoms with Crippen LogP contribution in [0.3, 0.4) is 0 Å². The fraction of sp³-hybridized carbons (Fsp3) is 0.160. The number of thiophene rings is 1. The minimum atomic E-state index is -0.182. The number of rotatable bonds is 6. The predicted octanol–water partition coefficient (Wildman–Crippen LogP) is 4.66. The first-order chi connectivity index (χ1) is 15.7. The largest absolute Gasteiger partial charge is 0.348 e. The van der Waals surface area contributed by atoms with Gasteiger partial charge in [-0.2, -0.15) is 5.10 Å². The van der Waals surface area contributed by atoms with Gasteiger partial charge in [0.25, 0.3) is 5.91 Å². The van der Waals surface area contributed by atoms with E-state index >= 15 is 0 Å². The van der Waals surface area contributed by atoms with Gasteiger partial charge in [0, 0.05) is 31.4 Å². The van der Waals surface area contributed by atoms with Crippen LogP contribution >= 0.6 is 11.3 Å². The van der Waals surface area contributed by atoms with Gasteiger partial charge in [-0.05, 0) is 47.7 Å². The molecular formula is C25H22N4O2S. The lowest BCUT2D eigenvalue weighted by atomic mass is 10.1. The quantitative estimate of drug-likeness (QED) is 0.472. The third kappa shape index (κ3) is 4.07. The summed E-state index contributed by atoms with van der Waals surface area (Å²) in [6, 6.07) is 21.5. The van der Waals surface area contributed by atoms with Gasteiger partial charge in [0.05, 0.1) is 16.1 Å². The standard InChI is InChI=1S/C25H22N4O2S/c30-23-12-5-13-28(23)20-10-4-7-18(15-20)16-26-25(31)21-17-29(19-8-2-1-3-9-19)27-24(21)22-11-6-14-32-22/h1-4,6-11,14-15,17H,5,12-13,16H2,(H,26,31). The molecule has 32 heavy (non-hydrogen) atoms. The summed E-state index contributed by atoms with van der Waals surface area (Å²) in [6.45, 7) is 1.12. The molecule has 160 valence electrons. The van der Waals surface area contributed by atoms with Crippen molar-refractivity contribution in [1.29, 1.82) is 0 Å². The highest BCUT2D eigenvalue weighted by Crippen LogP contribution is 2.28. The maximum Gasteiger partial charge on any atom is 0.255 e. The Labute approximate surface area is 190 Å². The molecule has 4 aromatic rings. The molecule has 0 atom stereocenters. The van der Waals surface area contributed by atoms with E-state index in [1.54, 1.807) is 22.2 Å². The van der Waals surface area contributed by atoms with E-state index in [2.05, 4.69) is 5.32 Å². The summed E-state index contributed by atoms with van der Waals surface area (Å²) >= 11 is 1.55. The second-order valence-electron chi connectivity index (χ2n) is 7.65. The summed E-state index contributed by atoms with van der Waals surface area (Å²) in [5.41, 5.74) is 3.92. The molecule has 5 rings (SSSR count). The lowest BCUT2D eigenvalue weighted by Gasteiger charge is -2.16. The molecule has 2 amide bonds. The van der Waals surface area contributed by atoms with Gasteiger partial charge in [-0.25, -0.2) is 4.68 Å². The number of carbonyl (C=O) groups is 2. The first-order valence-corrected chi connectivity index (χ1v) is 11.4. The van der Waals surface area contributed by atoms with Crippen LogP contribution in [0.1, 0.15) is 28.8 Å². The molecule has 1 N–H and O–H groups in total. The van der Waals surface area contributed by atoms with E-state index in [-0.39, 0.29) is 11.8 Å². The summed E-state index contributed by atoms with van der Waals surface area (Å²) in [5, 5.41) is 9.69. The van der Waals surface area contributed by atoms with Crippen molar-refractivity contribution >= 4 is 28.8 Å². The number of benzene rings is 2. The molecule has 0 radical (unpaired) electrons. The Bertz CT molecular complexity index is 1250. The maximum atomic E-state index is 13.1. The van der Waals surface area contributed by atoms with Crippen LogP contribution in [0.4, 0.5) is 5.69 Å². The van der Waals surface area contributed by atoms with Crippen LogP contribution < -0.4 is 10.2 Å². The number of hydrogen-bond donors (Lipinski definition) is 1. The van der Waals surface area contributed by atoms with Crippen molar-refractivity contribution in [3.63, 3.8) is 0 Å². The van der Waals surface area contributed by atoms with Gasteiger partial charge in [0.15, 0.2) is 0 Å². The van der Waals surface area contributed by atoms with Crippen molar-refractivity contribution < 1.29 is 9.59 Å². The lowest BCUT2D eigenvalue weighted by Crippen LogP contribution is -2.25. The molecule has 2 aromatic heterocycles. The van der Waals surface area contributed by atoms with E-state index in [1.165, 1.54) is 0 Å². The highest BCUT2D eigenvalue weighted by Gasteiger charge is 2.22. The van der Waals surface area contributed by atoms with Gasteiger partial charge in [-0.15, -0.1) is 11.3 Å². The number of hydrogen-bond acceptors (Lipinski definition) is 4. The van der Waals surface area contributed by atoms with Crippen LogP contribution in [-0.2, 0) is 11.3 Å². The molecule has 6 nitrogen and oxygen atoms in total. The van der Waals surface area contributed by atoms with Crippen LogP contribution in [0.25, 0.3) is 16.3 Å². The molecular weight excluding hydrogens is 420 g/mol.